The van der Waals surface area contributed by atoms with Crippen LogP contribution in [0.25, 0.3) is 0 Å². The van der Waals surface area contributed by atoms with Crippen molar-refractivity contribution in [1.29, 1.82) is 0 Å². The predicted octanol–water partition coefficient (Wildman–Crippen LogP) is 1.97. The number of hydrogen-bond donors (Lipinski definition) is 0. The van der Waals surface area contributed by atoms with Gasteiger partial charge in [0.05, 0.1) is 18.4 Å². The van der Waals surface area contributed by atoms with Crippen LogP contribution in [-0.2, 0) is 14.6 Å². The average Bonchev–Trinajstić information content (AvgIpc) is 2.81. The Morgan fingerprint density at radius 1 is 1.38 bits per heavy atom. The van der Waals surface area contributed by atoms with Crippen molar-refractivity contribution in [3.8, 4) is 5.75 Å². The summed E-state index contributed by atoms with van der Waals surface area (Å²) in [6.45, 7) is 2.43. The van der Waals surface area contributed by atoms with Gasteiger partial charge in [0.15, 0.2) is 9.84 Å². The minimum Gasteiger partial charge on any atom is -0.494 e. The molecule has 1 aliphatic rings. The van der Waals surface area contributed by atoms with E-state index in [2.05, 4.69) is 0 Å². The molecule has 0 aromatic heterocycles. The maximum Gasteiger partial charge on any atom is 0.242 e. The lowest BCUT2D eigenvalue weighted by molar-refractivity contribution is -0.116. The number of halogens is 1. The summed E-state index contributed by atoms with van der Waals surface area (Å²) >= 11 is 5.64. The van der Waals surface area contributed by atoms with Gasteiger partial charge in [-0.1, -0.05) is 0 Å². The topological polar surface area (TPSA) is 63.7 Å². The van der Waals surface area contributed by atoms with Gasteiger partial charge >= 0.3 is 0 Å². The molecule has 0 saturated heterocycles. The van der Waals surface area contributed by atoms with Gasteiger partial charge in [-0.25, -0.2) is 8.42 Å². The Kier molecular flexibility index (Phi) is 4.90. The van der Waals surface area contributed by atoms with Crippen LogP contribution in [0, 0.1) is 0 Å². The fourth-order valence-electron chi connectivity index (χ4n) is 2.17. The summed E-state index contributed by atoms with van der Waals surface area (Å²) in [4.78, 5) is 13.5. The van der Waals surface area contributed by atoms with E-state index in [-0.39, 0.29) is 17.5 Å². The van der Waals surface area contributed by atoms with Crippen LogP contribution in [0.15, 0.2) is 35.7 Å². The molecule has 1 amide bonds. The van der Waals surface area contributed by atoms with Crippen molar-refractivity contribution in [2.24, 2.45) is 0 Å². The molecule has 0 spiro atoms. The molecule has 1 heterocycles. The Labute approximate surface area is 129 Å². The second-order valence-electron chi connectivity index (χ2n) is 4.55. The van der Waals surface area contributed by atoms with E-state index < -0.39 is 15.9 Å². The van der Waals surface area contributed by atoms with Crippen molar-refractivity contribution < 1.29 is 17.9 Å². The van der Waals surface area contributed by atoms with Crippen LogP contribution >= 0.6 is 11.6 Å². The van der Waals surface area contributed by atoms with Gasteiger partial charge in [-0.3, -0.25) is 4.79 Å². The first kappa shape index (κ1) is 15.9. The first-order valence-electron chi connectivity index (χ1n) is 6.48. The molecule has 0 fully saturated rings. The fraction of sp³-hybridized carbons (Fsp3) is 0.357. The molecule has 21 heavy (non-hydrogen) atoms. The number of rotatable bonds is 5. The molecule has 7 heteroatoms. The van der Waals surface area contributed by atoms with Crippen LogP contribution in [-0.4, -0.2) is 38.6 Å². The van der Waals surface area contributed by atoms with Crippen LogP contribution in [0.2, 0.25) is 0 Å². The van der Waals surface area contributed by atoms with Gasteiger partial charge in [0.25, 0.3) is 0 Å². The van der Waals surface area contributed by atoms with E-state index in [1.54, 1.807) is 24.3 Å². The third kappa shape index (κ3) is 3.77. The minimum absolute atomic E-state index is 0.122. The summed E-state index contributed by atoms with van der Waals surface area (Å²) in [5, 5.41) is 1.14. The standard InChI is InChI=1S/C14H16ClNO4S/c1-2-20-13-5-3-11(4-6-13)16(14(17)9-15)12-7-8-21(18,19)10-12/h3-8,12H,2,9-10H2,1H3/t12-/m0/s1. The van der Waals surface area contributed by atoms with Crippen LogP contribution in [0.1, 0.15) is 6.92 Å². The molecular formula is C14H16ClNO4S. The Hall–Kier alpha value is -1.53. The number of amides is 1. The smallest absolute Gasteiger partial charge is 0.242 e. The van der Waals surface area contributed by atoms with Gasteiger partial charge in [-0.15, -0.1) is 11.6 Å². The van der Waals surface area contributed by atoms with Gasteiger partial charge in [0.1, 0.15) is 11.6 Å². The zero-order valence-electron chi connectivity index (χ0n) is 11.5. The molecule has 0 aliphatic carbocycles. The lowest BCUT2D eigenvalue weighted by Gasteiger charge is -2.27. The van der Waals surface area contributed by atoms with E-state index in [9.17, 15) is 13.2 Å². The van der Waals surface area contributed by atoms with E-state index in [1.807, 2.05) is 6.92 Å². The fourth-order valence-corrected chi connectivity index (χ4v) is 3.57. The summed E-state index contributed by atoms with van der Waals surface area (Å²) in [7, 11) is -3.25. The number of sulfone groups is 1. The molecule has 1 aliphatic heterocycles. The third-order valence-electron chi connectivity index (χ3n) is 3.05. The Balaban J connectivity index is 2.28. The van der Waals surface area contributed by atoms with Crippen molar-refractivity contribution in [2.45, 2.75) is 13.0 Å². The molecular weight excluding hydrogens is 314 g/mol. The highest BCUT2D eigenvalue weighted by Crippen LogP contribution is 2.25. The largest absolute Gasteiger partial charge is 0.494 e. The molecule has 0 unspecified atom stereocenters. The van der Waals surface area contributed by atoms with Gasteiger partial charge < -0.3 is 9.64 Å². The Morgan fingerprint density at radius 3 is 2.52 bits per heavy atom. The molecule has 1 aromatic carbocycles. The Bertz CT molecular complexity index is 639. The molecule has 1 aromatic rings. The normalized spacial score (nSPS) is 19.4. The van der Waals surface area contributed by atoms with E-state index in [0.717, 1.165) is 5.41 Å². The minimum atomic E-state index is -3.25. The molecule has 1 atom stereocenters. The van der Waals surface area contributed by atoms with E-state index in [0.29, 0.717) is 18.0 Å². The number of ether oxygens (including phenoxy) is 1. The summed E-state index contributed by atoms with van der Waals surface area (Å²) in [6, 6.07) is 6.38. The van der Waals surface area contributed by atoms with Crippen molar-refractivity contribution in [1.82, 2.24) is 0 Å². The second-order valence-corrected chi connectivity index (χ2v) is 6.75. The van der Waals surface area contributed by atoms with Crippen LogP contribution in [0.3, 0.4) is 0 Å². The molecule has 0 saturated carbocycles. The maximum absolute atomic E-state index is 12.1. The highest BCUT2D eigenvalue weighted by atomic mass is 35.5. The summed E-state index contributed by atoms with van der Waals surface area (Å²) in [6.07, 6.45) is 1.51. The van der Waals surface area contributed by atoms with Crippen molar-refractivity contribution >= 4 is 33.0 Å². The number of nitrogens with zero attached hydrogens (tertiary/aromatic N) is 1. The van der Waals surface area contributed by atoms with E-state index in [4.69, 9.17) is 16.3 Å². The summed E-state index contributed by atoms with van der Waals surface area (Å²) < 4.78 is 28.4. The number of carbonyl (C=O) groups is 1. The van der Waals surface area contributed by atoms with Crippen molar-refractivity contribution in [3.63, 3.8) is 0 Å². The zero-order valence-corrected chi connectivity index (χ0v) is 13.1. The van der Waals surface area contributed by atoms with Gasteiger partial charge in [-0.05, 0) is 37.3 Å². The van der Waals surface area contributed by atoms with Crippen molar-refractivity contribution in [2.75, 3.05) is 23.1 Å². The summed E-state index contributed by atoms with van der Waals surface area (Å²) in [5.41, 5.74) is 0.593. The maximum atomic E-state index is 12.1. The molecule has 0 bridgehead atoms. The number of carbonyl (C=O) groups excluding carboxylic acids is 1. The lowest BCUT2D eigenvalue weighted by Crippen LogP contribution is -2.41. The van der Waals surface area contributed by atoms with Crippen LogP contribution in [0.4, 0.5) is 5.69 Å². The van der Waals surface area contributed by atoms with Crippen LogP contribution in [0.5, 0.6) is 5.75 Å². The molecule has 2 rings (SSSR count). The van der Waals surface area contributed by atoms with Crippen molar-refractivity contribution in [3.05, 3.63) is 35.7 Å². The molecule has 114 valence electrons. The van der Waals surface area contributed by atoms with Crippen LogP contribution < -0.4 is 9.64 Å². The average molecular weight is 330 g/mol. The quantitative estimate of drug-likeness (QED) is 0.775. The first-order valence-corrected chi connectivity index (χ1v) is 8.73. The van der Waals surface area contributed by atoms with E-state index in [1.165, 1.54) is 11.0 Å². The summed E-state index contributed by atoms with van der Waals surface area (Å²) in [5.74, 6) is 0.0159. The van der Waals surface area contributed by atoms with Gasteiger partial charge in [-0.2, -0.15) is 0 Å². The SMILES string of the molecule is CCOc1ccc(N(C(=O)CCl)[C@H]2C=CS(=O)(=O)C2)cc1. The highest BCUT2D eigenvalue weighted by Gasteiger charge is 2.30. The molecule has 0 radical (unpaired) electrons. The lowest BCUT2D eigenvalue weighted by atomic mass is 10.2. The number of anilines is 1. The second kappa shape index (κ2) is 6.49. The number of benzene rings is 1. The number of alkyl halides is 1. The predicted molar refractivity (Wildman–Crippen MR) is 82.5 cm³/mol. The first-order chi connectivity index (χ1) is 9.96. The zero-order chi connectivity index (χ0) is 15.5. The number of hydrogen-bond acceptors (Lipinski definition) is 4. The molecule has 0 N–H and O–H groups in total. The Morgan fingerprint density at radius 2 is 2.05 bits per heavy atom. The van der Waals surface area contributed by atoms with E-state index >= 15 is 0 Å². The monoisotopic (exact) mass is 329 g/mol. The van der Waals surface area contributed by atoms with Gasteiger partial charge in [0.2, 0.25) is 5.91 Å². The van der Waals surface area contributed by atoms with Gasteiger partial charge in [0, 0.05) is 11.1 Å². The highest BCUT2D eigenvalue weighted by molar-refractivity contribution is 7.94. The molecule has 5 nitrogen and oxygen atoms in total. The third-order valence-corrected chi connectivity index (χ3v) is 4.66.